The topological polar surface area (TPSA) is 63.6 Å². The Bertz CT molecular complexity index is 679. The third-order valence-electron chi connectivity index (χ3n) is 3.67. The molecule has 22 heavy (non-hydrogen) atoms. The summed E-state index contributed by atoms with van der Waals surface area (Å²) in [6.45, 7) is 0.166. The van der Waals surface area contributed by atoms with Crippen LogP contribution in [0.2, 0.25) is 0 Å². The van der Waals surface area contributed by atoms with Crippen molar-refractivity contribution in [2.24, 2.45) is 0 Å². The second-order valence-corrected chi connectivity index (χ2v) is 5.02. The summed E-state index contributed by atoms with van der Waals surface area (Å²) in [4.78, 5) is 24.6. The molecule has 0 unspecified atom stereocenters. The van der Waals surface area contributed by atoms with Gasteiger partial charge in [-0.15, -0.1) is 0 Å². The van der Waals surface area contributed by atoms with Crippen LogP contribution in [0.3, 0.4) is 0 Å². The molecule has 3 rings (SSSR count). The van der Waals surface area contributed by atoms with Crippen molar-refractivity contribution in [3.05, 3.63) is 42.7 Å². The Kier molecular flexibility index (Phi) is 3.82. The molecular formula is C16H17N3O3. The van der Waals surface area contributed by atoms with Crippen LogP contribution in [0, 0.1) is 0 Å². The molecule has 6 nitrogen and oxygen atoms in total. The normalized spacial score (nSPS) is 14.5. The van der Waals surface area contributed by atoms with E-state index in [-0.39, 0.29) is 18.5 Å². The number of aromatic nitrogens is 1. The Morgan fingerprint density at radius 2 is 1.82 bits per heavy atom. The van der Waals surface area contributed by atoms with E-state index in [0.717, 1.165) is 11.4 Å². The van der Waals surface area contributed by atoms with Crippen LogP contribution < -0.4 is 10.1 Å². The number of rotatable bonds is 5. The molecule has 0 spiro atoms. The Morgan fingerprint density at radius 3 is 2.45 bits per heavy atom. The number of nitrogens with zero attached hydrogens (tertiary/aromatic N) is 2. The molecule has 1 N–H and O–H groups in total. The smallest absolute Gasteiger partial charge is 0.231 e. The van der Waals surface area contributed by atoms with E-state index in [1.165, 1.54) is 4.90 Å². The largest absolute Gasteiger partial charge is 0.497 e. The third kappa shape index (κ3) is 2.67. The summed E-state index contributed by atoms with van der Waals surface area (Å²) in [7, 11) is 1.60. The van der Waals surface area contributed by atoms with Crippen molar-refractivity contribution in [3.63, 3.8) is 0 Å². The van der Waals surface area contributed by atoms with Crippen molar-refractivity contribution in [2.45, 2.75) is 12.8 Å². The summed E-state index contributed by atoms with van der Waals surface area (Å²) in [5, 5.41) is 3.16. The van der Waals surface area contributed by atoms with Crippen LogP contribution in [0.5, 0.6) is 5.75 Å². The molecule has 1 aromatic carbocycles. The molecule has 1 aromatic heterocycles. The van der Waals surface area contributed by atoms with Gasteiger partial charge in [-0.25, -0.2) is 0 Å². The number of likely N-dealkylation sites (tertiary alicyclic amines) is 1. The fourth-order valence-electron chi connectivity index (χ4n) is 2.47. The van der Waals surface area contributed by atoms with Gasteiger partial charge in [0.1, 0.15) is 5.75 Å². The van der Waals surface area contributed by atoms with E-state index >= 15 is 0 Å². The van der Waals surface area contributed by atoms with E-state index in [1.807, 2.05) is 47.3 Å². The number of nitrogens with one attached hydrogen (secondary N) is 1. The Labute approximate surface area is 128 Å². The molecule has 0 radical (unpaired) electrons. The molecule has 0 aliphatic carbocycles. The maximum absolute atomic E-state index is 11.7. The fourth-order valence-corrected chi connectivity index (χ4v) is 2.47. The van der Waals surface area contributed by atoms with Crippen molar-refractivity contribution in [1.29, 1.82) is 0 Å². The maximum Gasteiger partial charge on any atom is 0.231 e. The standard InChI is InChI=1S/C16H17N3O3/c1-22-12-4-5-14(18-8-2-3-9-18)13(10-12)17-11-19-15(20)6-7-16(19)21/h2-5,8-10,17H,6-7,11H2,1H3. The Balaban J connectivity index is 1.85. The molecule has 1 aliphatic rings. The van der Waals surface area contributed by atoms with E-state index in [9.17, 15) is 9.59 Å². The molecule has 0 atom stereocenters. The van der Waals surface area contributed by atoms with Gasteiger partial charge in [-0.05, 0) is 24.3 Å². The Hall–Kier alpha value is -2.76. The predicted octanol–water partition coefficient (Wildman–Crippen LogP) is 2.00. The first-order chi connectivity index (χ1) is 10.7. The van der Waals surface area contributed by atoms with Gasteiger partial charge < -0.3 is 14.6 Å². The number of hydrogen-bond acceptors (Lipinski definition) is 4. The van der Waals surface area contributed by atoms with E-state index in [2.05, 4.69) is 5.32 Å². The van der Waals surface area contributed by atoms with Gasteiger partial charge in [-0.1, -0.05) is 0 Å². The van der Waals surface area contributed by atoms with E-state index < -0.39 is 0 Å². The number of hydrogen-bond donors (Lipinski definition) is 1. The van der Waals surface area contributed by atoms with Gasteiger partial charge in [0.15, 0.2) is 0 Å². The van der Waals surface area contributed by atoms with Crippen LogP contribution in [0.4, 0.5) is 5.69 Å². The molecule has 6 heteroatoms. The number of amides is 2. The highest BCUT2D eigenvalue weighted by molar-refractivity contribution is 6.02. The highest BCUT2D eigenvalue weighted by Gasteiger charge is 2.28. The molecule has 0 saturated carbocycles. The summed E-state index contributed by atoms with van der Waals surface area (Å²) < 4.78 is 7.20. The number of anilines is 1. The lowest BCUT2D eigenvalue weighted by atomic mass is 10.2. The van der Waals surface area contributed by atoms with Crippen molar-refractivity contribution in [3.8, 4) is 11.4 Å². The minimum Gasteiger partial charge on any atom is -0.497 e. The number of methoxy groups -OCH3 is 1. The zero-order valence-corrected chi connectivity index (χ0v) is 12.3. The lowest BCUT2D eigenvalue weighted by Gasteiger charge is -2.18. The van der Waals surface area contributed by atoms with Crippen LogP contribution in [0.15, 0.2) is 42.7 Å². The number of carbonyl (C=O) groups excluding carboxylic acids is 2. The molecule has 2 amide bonds. The van der Waals surface area contributed by atoms with Gasteiger partial charge in [-0.2, -0.15) is 0 Å². The summed E-state index contributed by atoms with van der Waals surface area (Å²) >= 11 is 0. The van der Waals surface area contributed by atoms with Crippen LogP contribution in [0.1, 0.15) is 12.8 Å². The maximum atomic E-state index is 11.7. The van der Waals surface area contributed by atoms with Gasteiger partial charge in [0.05, 0.1) is 25.2 Å². The van der Waals surface area contributed by atoms with Gasteiger partial charge in [-0.3, -0.25) is 14.5 Å². The second-order valence-electron chi connectivity index (χ2n) is 5.02. The minimum absolute atomic E-state index is 0.136. The second kappa shape index (κ2) is 5.93. The fraction of sp³-hybridized carbons (Fsp3) is 0.250. The summed E-state index contributed by atoms with van der Waals surface area (Å²) in [6, 6.07) is 9.50. The highest BCUT2D eigenvalue weighted by atomic mass is 16.5. The average molecular weight is 299 g/mol. The molecule has 2 aromatic rings. The van der Waals surface area contributed by atoms with Crippen molar-refractivity contribution < 1.29 is 14.3 Å². The van der Waals surface area contributed by atoms with Gasteiger partial charge in [0, 0.05) is 31.3 Å². The molecular weight excluding hydrogens is 282 g/mol. The monoisotopic (exact) mass is 299 g/mol. The van der Waals surface area contributed by atoms with Crippen LogP contribution in [-0.4, -0.2) is 35.1 Å². The average Bonchev–Trinajstić information content (AvgIpc) is 3.16. The van der Waals surface area contributed by atoms with Crippen molar-refractivity contribution >= 4 is 17.5 Å². The number of ether oxygens (including phenoxy) is 1. The summed E-state index contributed by atoms with van der Waals surface area (Å²) in [5.74, 6) is 0.434. The zero-order valence-electron chi connectivity index (χ0n) is 12.3. The van der Waals surface area contributed by atoms with Gasteiger partial charge >= 0.3 is 0 Å². The minimum atomic E-state index is -0.136. The van der Waals surface area contributed by atoms with Crippen LogP contribution in [-0.2, 0) is 9.59 Å². The van der Waals surface area contributed by atoms with Gasteiger partial charge in [0.2, 0.25) is 11.8 Å². The molecule has 1 fully saturated rings. The van der Waals surface area contributed by atoms with Crippen molar-refractivity contribution in [2.75, 3.05) is 19.1 Å². The van der Waals surface area contributed by atoms with Crippen LogP contribution in [0.25, 0.3) is 5.69 Å². The molecule has 114 valence electrons. The zero-order chi connectivity index (χ0) is 15.5. The lowest BCUT2D eigenvalue weighted by Crippen LogP contribution is -2.34. The molecule has 2 heterocycles. The molecule has 1 aliphatic heterocycles. The lowest BCUT2D eigenvalue weighted by molar-refractivity contribution is -0.137. The summed E-state index contributed by atoms with van der Waals surface area (Å²) in [6.07, 6.45) is 4.45. The first-order valence-electron chi connectivity index (χ1n) is 7.07. The molecule has 1 saturated heterocycles. The molecule has 0 bridgehead atoms. The highest BCUT2D eigenvalue weighted by Crippen LogP contribution is 2.26. The number of benzene rings is 1. The predicted molar refractivity (Wildman–Crippen MR) is 81.9 cm³/mol. The summed E-state index contributed by atoms with van der Waals surface area (Å²) in [5.41, 5.74) is 1.72. The van der Waals surface area contributed by atoms with E-state index in [1.54, 1.807) is 7.11 Å². The quantitative estimate of drug-likeness (QED) is 0.858. The van der Waals surface area contributed by atoms with Crippen molar-refractivity contribution in [1.82, 2.24) is 9.47 Å². The van der Waals surface area contributed by atoms with Crippen LogP contribution >= 0.6 is 0 Å². The van der Waals surface area contributed by atoms with E-state index in [4.69, 9.17) is 4.74 Å². The SMILES string of the molecule is COc1ccc(-n2cccc2)c(NCN2C(=O)CCC2=O)c1. The first kappa shape index (κ1) is 14.2. The number of imide groups is 1. The third-order valence-corrected chi connectivity index (χ3v) is 3.67. The van der Waals surface area contributed by atoms with E-state index in [0.29, 0.717) is 18.6 Å². The van der Waals surface area contributed by atoms with Gasteiger partial charge in [0.25, 0.3) is 0 Å². The number of carbonyl (C=O) groups is 2. The Morgan fingerprint density at radius 1 is 1.14 bits per heavy atom. The first-order valence-corrected chi connectivity index (χ1v) is 7.07.